The van der Waals surface area contributed by atoms with Crippen molar-refractivity contribution in [2.24, 2.45) is 0 Å². The van der Waals surface area contributed by atoms with E-state index in [4.69, 9.17) is 0 Å². The number of H-pyrrole nitrogens is 1. The molecule has 1 saturated heterocycles. The summed E-state index contributed by atoms with van der Waals surface area (Å²) in [5.41, 5.74) is 2.26. The summed E-state index contributed by atoms with van der Waals surface area (Å²) in [6.45, 7) is 1.20. The Morgan fingerprint density at radius 3 is 2.55 bits per heavy atom. The van der Waals surface area contributed by atoms with Gasteiger partial charge < -0.3 is 5.32 Å². The highest BCUT2D eigenvalue weighted by molar-refractivity contribution is 7.91. The first-order valence-corrected chi connectivity index (χ1v) is 12.7. The third kappa shape index (κ3) is 5.28. The molecule has 0 radical (unpaired) electrons. The molecule has 0 spiro atoms. The smallest absolute Gasteiger partial charge is 0.255 e. The van der Waals surface area contributed by atoms with Gasteiger partial charge in [-0.3, -0.25) is 14.8 Å². The number of sulfone groups is 1. The predicted molar refractivity (Wildman–Crippen MR) is 122 cm³/mol. The van der Waals surface area contributed by atoms with Crippen LogP contribution in [-0.2, 0) is 16.4 Å². The second kappa shape index (κ2) is 8.68. The van der Waals surface area contributed by atoms with Gasteiger partial charge in [0.1, 0.15) is 11.6 Å². The van der Waals surface area contributed by atoms with Crippen LogP contribution in [0.2, 0.25) is 0 Å². The van der Waals surface area contributed by atoms with Crippen molar-refractivity contribution in [2.45, 2.75) is 25.3 Å². The van der Waals surface area contributed by atoms with Gasteiger partial charge in [-0.05, 0) is 60.9 Å². The van der Waals surface area contributed by atoms with Crippen molar-refractivity contribution in [3.63, 3.8) is 0 Å². The SMILES string of the molecule is O=C(Nc1ccc(-c2n[nH]c(C3CC3)n2)cc1)c1cc(F)cc(CN2CCS(=O)(=O)CC2)c1. The Labute approximate surface area is 191 Å². The minimum atomic E-state index is -2.98. The van der Waals surface area contributed by atoms with Crippen LogP contribution >= 0.6 is 0 Å². The van der Waals surface area contributed by atoms with Crippen molar-refractivity contribution in [3.05, 3.63) is 65.2 Å². The van der Waals surface area contributed by atoms with Gasteiger partial charge in [0.2, 0.25) is 0 Å². The van der Waals surface area contributed by atoms with E-state index in [1.165, 1.54) is 12.1 Å². The Hall–Kier alpha value is -3.11. The molecule has 2 aliphatic rings. The molecule has 3 aromatic rings. The van der Waals surface area contributed by atoms with Gasteiger partial charge >= 0.3 is 0 Å². The van der Waals surface area contributed by atoms with Crippen molar-refractivity contribution in [3.8, 4) is 11.4 Å². The molecule has 1 saturated carbocycles. The Morgan fingerprint density at radius 2 is 1.85 bits per heavy atom. The van der Waals surface area contributed by atoms with Crippen molar-refractivity contribution in [1.29, 1.82) is 0 Å². The second-order valence-electron chi connectivity index (χ2n) is 8.63. The topological polar surface area (TPSA) is 108 Å². The number of carbonyl (C=O) groups is 1. The Bertz CT molecular complexity index is 1270. The summed E-state index contributed by atoms with van der Waals surface area (Å²) in [7, 11) is -2.98. The van der Waals surface area contributed by atoms with Crippen LogP contribution in [0, 0.1) is 5.82 Å². The normalized spacial score (nSPS) is 18.2. The van der Waals surface area contributed by atoms with E-state index in [9.17, 15) is 17.6 Å². The van der Waals surface area contributed by atoms with Gasteiger partial charge in [-0.2, -0.15) is 5.10 Å². The largest absolute Gasteiger partial charge is 0.322 e. The van der Waals surface area contributed by atoms with Crippen LogP contribution in [0.5, 0.6) is 0 Å². The quantitative estimate of drug-likeness (QED) is 0.575. The van der Waals surface area contributed by atoms with E-state index in [1.807, 2.05) is 17.0 Å². The maximum atomic E-state index is 14.2. The van der Waals surface area contributed by atoms with Gasteiger partial charge in [-0.25, -0.2) is 17.8 Å². The fourth-order valence-electron chi connectivity index (χ4n) is 3.89. The number of nitrogens with zero attached hydrogens (tertiary/aromatic N) is 3. The molecule has 10 heteroatoms. The fourth-order valence-corrected chi connectivity index (χ4v) is 5.16. The number of carbonyl (C=O) groups excluding carboxylic acids is 1. The van der Waals surface area contributed by atoms with E-state index in [-0.39, 0.29) is 17.1 Å². The van der Waals surface area contributed by atoms with E-state index >= 15 is 0 Å². The van der Waals surface area contributed by atoms with Crippen LogP contribution in [-0.4, -0.2) is 59.0 Å². The molecule has 0 unspecified atom stereocenters. The lowest BCUT2D eigenvalue weighted by atomic mass is 10.1. The van der Waals surface area contributed by atoms with Crippen molar-refractivity contribution >= 4 is 21.4 Å². The zero-order valence-electron chi connectivity index (χ0n) is 17.9. The summed E-state index contributed by atoms with van der Waals surface area (Å²) in [4.78, 5) is 19.2. The molecular formula is C23H24FN5O3S. The van der Waals surface area contributed by atoms with E-state index in [2.05, 4.69) is 20.5 Å². The summed E-state index contributed by atoms with van der Waals surface area (Å²) < 4.78 is 37.4. The van der Waals surface area contributed by atoms with E-state index in [0.717, 1.165) is 24.2 Å². The van der Waals surface area contributed by atoms with Crippen LogP contribution in [0.4, 0.5) is 10.1 Å². The molecule has 33 heavy (non-hydrogen) atoms. The average molecular weight is 470 g/mol. The molecule has 172 valence electrons. The van der Waals surface area contributed by atoms with Crippen LogP contribution < -0.4 is 5.32 Å². The summed E-state index contributed by atoms with van der Waals surface area (Å²) in [5.74, 6) is 1.30. The number of halogens is 1. The van der Waals surface area contributed by atoms with Crippen LogP contribution in [0.25, 0.3) is 11.4 Å². The maximum Gasteiger partial charge on any atom is 0.255 e. The lowest BCUT2D eigenvalue weighted by molar-refractivity contribution is 0.102. The summed E-state index contributed by atoms with van der Waals surface area (Å²) >= 11 is 0. The molecule has 2 heterocycles. The molecule has 0 atom stereocenters. The van der Waals surface area contributed by atoms with Gasteiger partial charge in [-0.15, -0.1) is 0 Å². The van der Waals surface area contributed by atoms with Crippen molar-refractivity contribution in [2.75, 3.05) is 29.9 Å². The Kier molecular flexibility index (Phi) is 5.71. The number of aromatic amines is 1. The number of hydrogen-bond donors (Lipinski definition) is 2. The highest BCUT2D eigenvalue weighted by Gasteiger charge is 2.27. The number of nitrogens with one attached hydrogen (secondary N) is 2. The third-order valence-electron chi connectivity index (χ3n) is 5.93. The first kappa shape index (κ1) is 21.7. The summed E-state index contributed by atoms with van der Waals surface area (Å²) in [6.07, 6.45) is 2.28. The van der Waals surface area contributed by atoms with Crippen molar-refractivity contribution < 1.29 is 17.6 Å². The van der Waals surface area contributed by atoms with Gasteiger partial charge in [0.05, 0.1) is 11.5 Å². The molecule has 2 aromatic carbocycles. The van der Waals surface area contributed by atoms with E-state index in [1.54, 1.807) is 18.2 Å². The minimum absolute atomic E-state index is 0.0986. The monoisotopic (exact) mass is 469 g/mol. The highest BCUT2D eigenvalue weighted by Crippen LogP contribution is 2.38. The molecule has 1 aliphatic carbocycles. The fraction of sp³-hybridized carbons (Fsp3) is 0.348. The molecule has 1 aromatic heterocycles. The molecule has 0 bridgehead atoms. The third-order valence-corrected chi connectivity index (χ3v) is 7.54. The Balaban J connectivity index is 1.24. The standard InChI is InChI=1S/C23H24FN5O3S/c24-19-12-15(14-29-7-9-33(31,32)10-8-29)11-18(13-19)23(30)25-20-5-3-17(4-6-20)22-26-21(27-28-22)16-1-2-16/h3-6,11-13,16H,1-2,7-10,14H2,(H,25,30)(H,26,27,28). The molecule has 8 nitrogen and oxygen atoms in total. The van der Waals surface area contributed by atoms with E-state index in [0.29, 0.717) is 42.6 Å². The number of benzene rings is 2. The molecule has 1 aliphatic heterocycles. The predicted octanol–water partition coefficient (Wildman–Crippen LogP) is 2.97. The van der Waals surface area contributed by atoms with Crippen LogP contribution in [0.15, 0.2) is 42.5 Å². The van der Waals surface area contributed by atoms with Crippen LogP contribution in [0.3, 0.4) is 0 Å². The first-order valence-electron chi connectivity index (χ1n) is 10.9. The number of amides is 1. The lowest BCUT2D eigenvalue weighted by Gasteiger charge is -2.26. The molecule has 1 amide bonds. The summed E-state index contributed by atoms with van der Waals surface area (Å²) in [5, 5.41) is 10.0. The zero-order chi connectivity index (χ0) is 23.0. The molecule has 2 fully saturated rings. The Morgan fingerprint density at radius 1 is 1.12 bits per heavy atom. The zero-order valence-corrected chi connectivity index (χ0v) is 18.7. The van der Waals surface area contributed by atoms with Gasteiger partial charge in [0, 0.05) is 42.4 Å². The number of aromatic nitrogens is 3. The first-order chi connectivity index (χ1) is 15.8. The van der Waals surface area contributed by atoms with Crippen molar-refractivity contribution in [1.82, 2.24) is 20.1 Å². The molecular weight excluding hydrogens is 445 g/mol. The summed E-state index contributed by atoms with van der Waals surface area (Å²) in [6, 6.07) is 11.4. The highest BCUT2D eigenvalue weighted by atomic mass is 32.2. The van der Waals surface area contributed by atoms with Gasteiger partial charge in [-0.1, -0.05) is 0 Å². The van der Waals surface area contributed by atoms with Gasteiger partial charge in [0.25, 0.3) is 5.91 Å². The number of hydrogen-bond acceptors (Lipinski definition) is 6. The second-order valence-corrected chi connectivity index (χ2v) is 10.9. The lowest BCUT2D eigenvalue weighted by Crippen LogP contribution is -2.39. The molecule has 2 N–H and O–H groups in total. The number of rotatable bonds is 6. The van der Waals surface area contributed by atoms with Gasteiger partial charge in [0.15, 0.2) is 15.7 Å². The maximum absolute atomic E-state index is 14.2. The average Bonchev–Trinajstić information content (AvgIpc) is 3.52. The minimum Gasteiger partial charge on any atom is -0.322 e. The number of anilines is 1. The van der Waals surface area contributed by atoms with E-state index < -0.39 is 21.6 Å². The molecule has 5 rings (SSSR count). The van der Waals surface area contributed by atoms with Crippen LogP contribution in [0.1, 0.15) is 40.5 Å².